The molecule has 0 heterocycles. The Labute approximate surface area is 117 Å². The lowest BCUT2D eigenvalue weighted by atomic mass is 10.00. The van der Waals surface area contributed by atoms with E-state index in [0.717, 1.165) is 20.1 Å². The zero-order chi connectivity index (χ0) is 16.0. The third-order valence-corrected chi connectivity index (χ3v) is 3.57. The second-order valence-corrected chi connectivity index (χ2v) is 5.24. The predicted molar refractivity (Wildman–Crippen MR) is 64.3 cm³/mol. The van der Waals surface area contributed by atoms with Gasteiger partial charge < -0.3 is 4.74 Å². The Bertz CT molecular complexity index is 559. The first-order valence-electron chi connectivity index (χ1n) is 6.22. The molecule has 7 heteroatoms. The van der Waals surface area contributed by atoms with Crippen LogP contribution in [0.1, 0.15) is 40.7 Å². The number of carbonyl (C=O) groups is 1. The van der Waals surface area contributed by atoms with Crippen LogP contribution in [0.25, 0.3) is 0 Å². The van der Waals surface area contributed by atoms with Crippen LogP contribution in [-0.4, -0.2) is 19.0 Å². The van der Waals surface area contributed by atoms with E-state index >= 15 is 0 Å². The fourth-order valence-electron chi connectivity index (χ4n) is 2.39. The molecule has 1 aromatic carbocycles. The Morgan fingerprint density at radius 2 is 1.81 bits per heavy atom. The molecule has 2 nitrogen and oxygen atoms in total. The molecule has 1 saturated carbocycles. The lowest BCUT2D eigenvalue weighted by molar-refractivity contribution is -0.137. The van der Waals surface area contributed by atoms with Crippen molar-refractivity contribution < 1.29 is 31.5 Å². The van der Waals surface area contributed by atoms with Crippen molar-refractivity contribution in [2.45, 2.75) is 31.4 Å². The fraction of sp³-hybridized carbons (Fsp3) is 0.500. The Morgan fingerprint density at radius 3 is 2.24 bits per heavy atom. The lowest BCUT2D eigenvalue weighted by Gasteiger charge is -2.13. The van der Waals surface area contributed by atoms with Gasteiger partial charge in [0.05, 0.1) is 18.2 Å². The van der Waals surface area contributed by atoms with Crippen LogP contribution in [-0.2, 0) is 10.9 Å². The first-order chi connectivity index (χ1) is 9.54. The highest BCUT2D eigenvalue weighted by Crippen LogP contribution is 2.55. The van der Waals surface area contributed by atoms with Crippen molar-refractivity contribution in [3.05, 3.63) is 34.9 Å². The summed E-state index contributed by atoms with van der Waals surface area (Å²) in [6.07, 6.45) is -4.55. The van der Waals surface area contributed by atoms with E-state index < -0.39 is 35.5 Å². The molecule has 21 heavy (non-hydrogen) atoms. The maximum Gasteiger partial charge on any atom is 0.416 e. The van der Waals surface area contributed by atoms with Gasteiger partial charge >= 0.3 is 12.1 Å². The van der Waals surface area contributed by atoms with Gasteiger partial charge in [-0.25, -0.2) is 13.6 Å². The van der Waals surface area contributed by atoms with E-state index in [4.69, 9.17) is 0 Å². The van der Waals surface area contributed by atoms with Gasteiger partial charge in [-0.1, -0.05) is 0 Å². The van der Waals surface area contributed by atoms with Gasteiger partial charge in [-0.05, 0) is 43.0 Å². The molecule has 0 radical (unpaired) electrons. The molecular weight excluding hydrogens is 295 g/mol. The molecule has 2 atom stereocenters. The molecule has 0 N–H and O–H groups in total. The van der Waals surface area contributed by atoms with Crippen LogP contribution in [0.15, 0.2) is 18.2 Å². The Morgan fingerprint density at radius 1 is 1.19 bits per heavy atom. The molecule has 2 rings (SSSR count). The van der Waals surface area contributed by atoms with E-state index in [1.54, 1.807) is 0 Å². The van der Waals surface area contributed by atoms with Crippen LogP contribution < -0.4 is 0 Å². The summed E-state index contributed by atoms with van der Waals surface area (Å²) in [7, 11) is 1.04. The quantitative estimate of drug-likeness (QED) is 0.616. The van der Waals surface area contributed by atoms with Gasteiger partial charge in [-0.2, -0.15) is 13.2 Å². The molecule has 0 saturated heterocycles. The smallest absolute Gasteiger partial charge is 0.416 e. The molecule has 0 aliphatic heterocycles. The summed E-state index contributed by atoms with van der Waals surface area (Å²) in [4.78, 5) is 11.4. The van der Waals surface area contributed by atoms with Crippen molar-refractivity contribution >= 4 is 5.97 Å². The minimum absolute atomic E-state index is 0.0942. The van der Waals surface area contributed by atoms with Gasteiger partial charge in [-0.3, -0.25) is 0 Å². The second-order valence-electron chi connectivity index (χ2n) is 5.24. The average molecular weight is 308 g/mol. The summed E-state index contributed by atoms with van der Waals surface area (Å²) in [5.74, 6) is -5.55. The number of ether oxygens (including phenoxy) is 1. The number of hydrogen-bond donors (Lipinski definition) is 0. The normalized spacial score (nSPS) is 22.0. The molecule has 1 aliphatic rings. The minimum Gasteiger partial charge on any atom is -0.465 e. The molecule has 0 bridgehead atoms. The summed E-state index contributed by atoms with van der Waals surface area (Å²) in [5.41, 5.74) is -1.23. The zero-order valence-electron chi connectivity index (χ0n) is 11.3. The number of halogens is 5. The molecule has 1 aliphatic carbocycles. The molecule has 0 aromatic heterocycles. The predicted octanol–water partition coefficient (Wildman–Crippen LogP) is 4.25. The third-order valence-electron chi connectivity index (χ3n) is 3.57. The number of rotatable bonds is 3. The van der Waals surface area contributed by atoms with Crippen molar-refractivity contribution in [2.24, 2.45) is 5.92 Å². The van der Waals surface area contributed by atoms with E-state index in [9.17, 15) is 26.7 Å². The first-order valence-corrected chi connectivity index (χ1v) is 6.22. The van der Waals surface area contributed by atoms with Gasteiger partial charge in [-0.15, -0.1) is 0 Å². The Balaban J connectivity index is 2.40. The lowest BCUT2D eigenvalue weighted by Crippen LogP contribution is -2.14. The maximum atomic E-state index is 13.2. The zero-order valence-corrected chi connectivity index (χ0v) is 11.3. The average Bonchev–Trinajstić information content (AvgIpc) is 3.16. The summed E-state index contributed by atoms with van der Waals surface area (Å²) in [6, 6.07) is 2.68. The topological polar surface area (TPSA) is 26.3 Å². The first kappa shape index (κ1) is 15.7. The molecule has 2 unspecified atom stereocenters. The van der Waals surface area contributed by atoms with E-state index in [-0.39, 0.29) is 17.5 Å². The van der Waals surface area contributed by atoms with Crippen molar-refractivity contribution in [3.8, 4) is 0 Å². The van der Waals surface area contributed by atoms with Crippen LogP contribution in [0.5, 0.6) is 0 Å². The SMILES string of the molecule is COC(=O)c1cc(C2CC2C(C)(F)F)cc(C(F)(F)F)c1. The van der Waals surface area contributed by atoms with Crippen LogP contribution in [0.2, 0.25) is 0 Å². The largest absolute Gasteiger partial charge is 0.465 e. The van der Waals surface area contributed by atoms with Crippen LogP contribution in [0.3, 0.4) is 0 Å². The summed E-state index contributed by atoms with van der Waals surface area (Å²) >= 11 is 0. The van der Waals surface area contributed by atoms with E-state index in [0.29, 0.717) is 6.07 Å². The fourth-order valence-corrected chi connectivity index (χ4v) is 2.39. The molecule has 1 fully saturated rings. The van der Waals surface area contributed by atoms with E-state index in [1.165, 1.54) is 6.07 Å². The standard InChI is InChI=1S/C14H13F5O2/c1-13(15,16)11-6-10(11)7-3-8(12(20)21-2)5-9(4-7)14(17,18)19/h3-5,10-11H,6H2,1-2H3. The number of hydrogen-bond acceptors (Lipinski definition) is 2. The molecule has 116 valence electrons. The number of benzene rings is 1. The highest BCUT2D eigenvalue weighted by molar-refractivity contribution is 5.89. The number of alkyl halides is 5. The monoisotopic (exact) mass is 308 g/mol. The van der Waals surface area contributed by atoms with Crippen molar-refractivity contribution in [2.75, 3.05) is 7.11 Å². The van der Waals surface area contributed by atoms with E-state index in [1.807, 2.05) is 0 Å². The third kappa shape index (κ3) is 3.33. The van der Waals surface area contributed by atoms with Crippen LogP contribution in [0.4, 0.5) is 22.0 Å². The molecule has 0 spiro atoms. The Kier molecular flexibility index (Phi) is 3.71. The number of carbonyl (C=O) groups excluding carboxylic acids is 1. The van der Waals surface area contributed by atoms with E-state index in [2.05, 4.69) is 4.74 Å². The van der Waals surface area contributed by atoms with Gasteiger partial charge in [0.2, 0.25) is 5.92 Å². The summed E-state index contributed by atoms with van der Waals surface area (Å²) in [5, 5.41) is 0. The van der Waals surface area contributed by atoms with Crippen molar-refractivity contribution in [3.63, 3.8) is 0 Å². The maximum absolute atomic E-state index is 13.2. The number of methoxy groups -OCH3 is 1. The molecule has 0 amide bonds. The van der Waals surface area contributed by atoms with Gasteiger partial charge in [0.15, 0.2) is 0 Å². The number of esters is 1. The summed E-state index contributed by atoms with van der Waals surface area (Å²) in [6.45, 7) is 0.743. The summed E-state index contributed by atoms with van der Waals surface area (Å²) < 4.78 is 69.3. The molecule has 1 aromatic rings. The van der Waals surface area contributed by atoms with Crippen LogP contribution in [0, 0.1) is 5.92 Å². The van der Waals surface area contributed by atoms with Crippen molar-refractivity contribution in [1.82, 2.24) is 0 Å². The van der Waals surface area contributed by atoms with Gasteiger partial charge in [0.1, 0.15) is 0 Å². The highest BCUT2D eigenvalue weighted by Gasteiger charge is 2.52. The molecular formula is C14H13F5O2. The van der Waals surface area contributed by atoms with Crippen molar-refractivity contribution in [1.29, 1.82) is 0 Å². The minimum atomic E-state index is -4.65. The Hall–Kier alpha value is -1.66. The second kappa shape index (κ2) is 4.96. The van der Waals surface area contributed by atoms with Gasteiger partial charge in [0, 0.05) is 5.92 Å². The highest BCUT2D eigenvalue weighted by atomic mass is 19.4. The van der Waals surface area contributed by atoms with Gasteiger partial charge in [0.25, 0.3) is 0 Å². The van der Waals surface area contributed by atoms with Crippen LogP contribution >= 0.6 is 0 Å².